The Labute approximate surface area is 115 Å². The normalized spacial score (nSPS) is 13.9. The van der Waals surface area contributed by atoms with Gasteiger partial charge in [-0.05, 0) is 23.8 Å². The summed E-state index contributed by atoms with van der Waals surface area (Å²) in [7, 11) is 1.03. The minimum atomic E-state index is -4.96. The van der Waals surface area contributed by atoms with Crippen molar-refractivity contribution in [3.05, 3.63) is 34.9 Å². The van der Waals surface area contributed by atoms with E-state index in [0.717, 1.165) is 7.11 Å². The minimum Gasteiger partial charge on any atom is -0.469 e. The van der Waals surface area contributed by atoms with E-state index in [9.17, 15) is 31.1 Å². The van der Waals surface area contributed by atoms with Gasteiger partial charge in [-0.15, -0.1) is 0 Å². The van der Waals surface area contributed by atoms with Crippen molar-refractivity contribution in [2.75, 3.05) is 7.11 Å². The molecule has 0 unspecified atom stereocenters. The molecule has 0 heterocycles. The molecule has 9 heteroatoms. The number of halogens is 6. The number of carbonyl (C=O) groups is 1. The Morgan fingerprint density at radius 2 is 1.52 bits per heavy atom. The van der Waals surface area contributed by atoms with E-state index in [1.807, 2.05) is 0 Å². The average Bonchev–Trinajstić information content (AvgIpc) is 2.35. The number of alkyl halides is 6. The number of carbonyl (C=O) groups excluding carboxylic acids is 1. The number of rotatable bonds is 3. The number of nitrogens with two attached hydrogens (primary N) is 1. The number of benzene rings is 1. The molecule has 1 aromatic carbocycles. The van der Waals surface area contributed by atoms with Crippen molar-refractivity contribution in [1.82, 2.24) is 0 Å². The Balaban J connectivity index is 3.28. The van der Waals surface area contributed by atoms with Gasteiger partial charge in [0, 0.05) is 6.04 Å². The van der Waals surface area contributed by atoms with Crippen LogP contribution in [0.3, 0.4) is 0 Å². The molecule has 1 rings (SSSR count). The first-order valence-electron chi connectivity index (χ1n) is 5.57. The first-order valence-corrected chi connectivity index (χ1v) is 5.57. The molecule has 0 amide bonds. The Bertz CT molecular complexity index is 491. The maximum Gasteiger partial charge on any atom is 0.416 e. The zero-order chi connectivity index (χ0) is 16.4. The molecule has 0 aliphatic rings. The lowest BCUT2D eigenvalue weighted by Gasteiger charge is -2.17. The summed E-state index contributed by atoms with van der Waals surface area (Å²) in [6, 6.07) is -0.360. The number of ether oxygens (including phenoxy) is 1. The van der Waals surface area contributed by atoms with Crippen LogP contribution in [0.15, 0.2) is 18.2 Å². The van der Waals surface area contributed by atoms with Crippen LogP contribution in [0.25, 0.3) is 0 Å². The molecule has 0 saturated heterocycles. The number of methoxy groups -OCH3 is 1. The SMILES string of the molecule is COC(=O)C[C@@H](N)c1cc(C(F)(F)F)cc(C(F)(F)F)c1. The number of esters is 1. The number of hydrogen-bond donors (Lipinski definition) is 1. The Kier molecular flexibility index (Phi) is 4.87. The molecule has 118 valence electrons. The predicted molar refractivity (Wildman–Crippen MR) is 60.0 cm³/mol. The molecule has 0 aliphatic carbocycles. The number of hydrogen-bond acceptors (Lipinski definition) is 3. The summed E-state index contributed by atoms with van der Waals surface area (Å²) in [4.78, 5) is 11.0. The Morgan fingerprint density at radius 3 is 1.86 bits per heavy atom. The van der Waals surface area contributed by atoms with E-state index in [1.165, 1.54) is 0 Å². The minimum absolute atomic E-state index is 0.00559. The molecule has 0 spiro atoms. The van der Waals surface area contributed by atoms with Crippen molar-refractivity contribution in [2.24, 2.45) is 5.73 Å². The van der Waals surface area contributed by atoms with E-state index in [0.29, 0.717) is 12.1 Å². The van der Waals surface area contributed by atoms with Crippen LogP contribution in [0.2, 0.25) is 0 Å². The topological polar surface area (TPSA) is 52.3 Å². The van der Waals surface area contributed by atoms with Crippen molar-refractivity contribution in [3.63, 3.8) is 0 Å². The third-order valence-corrected chi connectivity index (χ3v) is 2.65. The van der Waals surface area contributed by atoms with Gasteiger partial charge in [0.05, 0.1) is 24.7 Å². The standard InChI is InChI=1S/C12H11F6NO2/c1-21-10(20)5-9(19)6-2-7(11(13,14)15)4-8(3-6)12(16,17)18/h2-4,9H,5,19H2,1H3/t9-/m1/s1. The lowest BCUT2D eigenvalue weighted by molar-refractivity contribution is -0.143. The monoisotopic (exact) mass is 315 g/mol. The summed E-state index contributed by atoms with van der Waals surface area (Å²) >= 11 is 0. The van der Waals surface area contributed by atoms with Crippen LogP contribution in [-0.2, 0) is 21.9 Å². The van der Waals surface area contributed by atoms with Crippen molar-refractivity contribution in [3.8, 4) is 0 Å². The van der Waals surface area contributed by atoms with E-state index in [-0.39, 0.29) is 6.07 Å². The van der Waals surface area contributed by atoms with Crippen LogP contribution in [-0.4, -0.2) is 13.1 Å². The molecule has 2 N–H and O–H groups in total. The van der Waals surface area contributed by atoms with Gasteiger partial charge in [0.15, 0.2) is 0 Å². The maximum atomic E-state index is 12.6. The van der Waals surface area contributed by atoms with Gasteiger partial charge in [-0.2, -0.15) is 26.3 Å². The first-order chi connectivity index (χ1) is 9.45. The molecule has 0 saturated carbocycles. The van der Waals surface area contributed by atoms with Gasteiger partial charge in [-0.25, -0.2) is 0 Å². The first kappa shape index (κ1) is 17.3. The fourth-order valence-corrected chi connectivity index (χ4v) is 1.57. The van der Waals surface area contributed by atoms with Crippen molar-refractivity contribution >= 4 is 5.97 Å². The summed E-state index contributed by atoms with van der Waals surface area (Å²) in [5.74, 6) is -0.839. The fraction of sp³-hybridized carbons (Fsp3) is 0.417. The second-order valence-electron chi connectivity index (χ2n) is 4.23. The van der Waals surface area contributed by atoms with Gasteiger partial charge >= 0.3 is 18.3 Å². The molecule has 21 heavy (non-hydrogen) atoms. The second-order valence-corrected chi connectivity index (χ2v) is 4.23. The molecular weight excluding hydrogens is 304 g/mol. The summed E-state index contributed by atoms with van der Waals surface area (Å²) < 4.78 is 80.0. The highest BCUT2D eigenvalue weighted by molar-refractivity contribution is 5.70. The van der Waals surface area contributed by atoms with Gasteiger partial charge in [-0.3, -0.25) is 4.79 Å². The van der Waals surface area contributed by atoms with Gasteiger partial charge < -0.3 is 10.5 Å². The second kappa shape index (κ2) is 5.92. The smallest absolute Gasteiger partial charge is 0.416 e. The summed E-state index contributed by atoms with van der Waals surface area (Å²) in [5, 5.41) is 0. The lowest BCUT2D eigenvalue weighted by atomic mass is 9.98. The van der Waals surface area contributed by atoms with Gasteiger partial charge in [-0.1, -0.05) is 0 Å². The third kappa shape index (κ3) is 4.62. The quantitative estimate of drug-likeness (QED) is 0.688. The van der Waals surface area contributed by atoms with Gasteiger partial charge in [0.1, 0.15) is 0 Å². The molecule has 0 fully saturated rings. The lowest BCUT2D eigenvalue weighted by Crippen LogP contribution is -2.19. The van der Waals surface area contributed by atoms with Crippen LogP contribution in [0.4, 0.5) is 26.3 Å². The van der Waals surface area contributed by atoms with E-state index in [2.05, 4.69) is 4.74 Å². The highest BCUT2D eigenvalue weighted by atomic mass is 19.4. The predicted octanol–water partition coefficient (Wildman–Crippen LogP) is 3.29. The highest BCUT2D eigenvalue weighted by Gasteiger charge is 2.37. The molecule has 1 aromatic rings. The van der Waals surface area contributed by atoms with Crippen molar-refractivity contribution < 1.29 is 35.9 Å². The average molecular weight is 315 g/mol. The third-order valence-electron chi connectivity index (χ3n) is 2.65. The van der Waals surface area contributed by atoms with Gasteiger partial charge in [0.2, 0.25) is 0 Å². The maximum absolute atomic E-state index is 12.6. The highest BCUT2D eigenvalue weighted by Crippen LogP contribution is 2.37. The summed E-state index contributed by atoms with van der Waals surface area (Å²) in [6.45, 7) is 0. The molecule has 0 aromatic heterocycles. The van der Waals surface area contributed by atoms with Gasteiger partial charge in [0.25, 0.3) is 0 Å². The van der Waals surface area contributed by atoms with Crippen LogP contribution < -0.4 is 5.73 Å². The molecule has 0 bridgehead atoms. The van der Waals surface area contributed by atoms with Crippen LogP contribution in [0.5, 0.6) is 0 Å². The van der Waals surface area contributed by atoms with E-state index >= 15 is 0 Å². The van der Waals surface area contributed by atoms with Crippen LogP contribution >= 0.6 is 0 Å². The van der Waals surface area contributed by atoms with Crippen LogP contribution in [0.1, 0.15) is 29.2 Å². The summed E-state index contributed by atoms with van der Waals surface area (Å²) in [5.41, 5.74) is 2.06. The van der Waals surface area contributed by atoms with E-state index in [1.54, 1.807) is 0 Å². The molecule has 0 aliphatic heterocycles. The largest absolute Gasteiger partial charge is 0.469 e. The molecule has 0 radical (unpaired) electrons. The van der Waals surface area contributed by atoms with Crippen molar-refractivity contribution in [1.29, 1.82) is 0 Å². The zero-order valence-corrected chi connectivity index (χ0v) is 10.7. The molecule has 3 nitrogen and oxygen atoms in total. The fourth-order valence-electron chi connectivity index (χ4n) is 1.57. The van der Waals surface area contributed by atoms with E-state index < -0.39 is 47.5 Å². The Morgan fingerprint density at radius 1 is 1.10 bits per heavy atom. The Hall–Kier alpha value is -1.77. The van der Waals surface area contributed by atoms with Crippen LogP contribution in [0, 0.1) is 0 Å². The summed E-state index contributed by atoms with van der Waals surface area (Å²) in [6.07, 6.45) is -10.4. The zero-order valence-electron chi connectivity index (χ0n) is 10.7. The van der Waals surface area contributed by atoms with Crippen molar-refractivity contribution in [2.45, 2.75) is 24.8 Å². The van der Waals surface area contributed by atoms with E-state index in [4.69, 9.17) is 5.73 Å². The molecular formula is C12H11F6NO2. The molecule has 1 atom stereocenters.